The second kappa shape index (κ2) is 5.23. The van der Waals surface area contributed by atoms with E-state index in [4.69, 9.17) is 0 Å². The van der Waals surface area contributed by atoms with Crippen LogP contribution < -0.4 is 5.32 Å². The van der Waals surface area contributed by atoms with Crippen LogP contribution in [0.5, 0.6) is 0 Å². The van der Waals surface area contributed by atoms with Crippen LogP contribution in [-0.4, -0.2) is 19.2 Å². The minimum atomic E-state index is -3.72. The van der Waals surface area contributed by atoms with Crippen LogP contribution in [0.2, 0.25) is 0 Å². The van der Waals surface area contributed by atoms with Crippen molar-refractivity contribution >= 4 is 27.2 Å². The summed E-state index contributed by atoms with van der Waals surface area (Å²) in [5, 5.41) is 13.6. The SMILES string of the molecule is O=[N+]([O-])c1ccc(CC2=NS(=O)(=O)c3ccccc3N2)cc1. The number of nitrogens with zero attached hydrogens (tertiary/aromatic N) is 2. The molecule has 0 atom stereocenters. The van der Waals surface area contributed by atoms with Gasteiger partial charge in [-0.15, -0.1) is 4.40 Å². The third-order valence-corrected chi connectivity index (χ3v) is 4.57. The summed E-state index contributed by atoms with van der Waals surface area (Å²) in [6.07, 6.45) is 0.242. The summed E-state index contributed by atoms with van der Waals surface area (Å²) in [4.78, 5) is 10.3. The highest BCUT2D eigenvalue weighted by molar-refractivity contribution is 7.90. The van der Waals surface area contributed by atoms with Crippen molar-refractivity contribution in [1.29, 1.82) is 0 Å². The molecule has 0 radical (unpaired) electrons. The van der Waals surface area contributed by atoms with Gasteiger partial charge in [0.05, 0.1) is 10.6 Å². The Morgan fingerprint density at radius 1 is 1.09 bits per heavy atom. The lowest BCUT2D eigenvalue weighted by Crippen LogP contribution is -2.23. The number of fused-ring (bicyclic) bond motifs is 1. The summed E-state index contributed by atoms with van der Waals surface area (Å²) >= 11 is 0. The van der Waals surface area contributed by atoms with E-state index in [1.807, 2.05) is 0 Å². The Morgan fingerprint density at radius 2 is 1.77 bits per heavy atom. The number of hydrogen-bond donors (Lipinski definition) is 1. The molecule has 0 aliphatic carbocycles. The van der Waals surface area contributed by atoms with Crippen molar-refractivity contribution in [1.82, 2.24) is 0 Å². The molecule has 3 rings (SSSR count). The molecule has 0 unspecified atom stereocenters. The quantitative estimate of drug-likeness (QED) is 0.691. The van der Waals surface area contributed by atoms with Crippen molar-refractivity contribution in [3.05, 3.63) is 64.2 Å². The van der Waals surface area contributed by atoms with Gasteiger partial charge >= 0.3 is 0 Å². The Labute approximate surface area is 126 Å². The van der Waals surface area contributed by atoms with Crippen LogP contribution in [-0.2, 0) is 16.4 Å². The smallest absolute Gasteiger partial charge is 0.286 e. The molecule has 0 spiro atoms. The first-order valence-corrected chi connectivity index (χ1v) is 7.83. The van der Waals surface area contributed by atoms with Crippen molar-refractivity contribution in [2.75, 3.05) is 5.32 Å². The van der Waals surface area contributed by atoms with E-state index in [1.54, 1.807) is 30.3 Å². The molecule has 8 heteroatoms. The number of sulfonamides is 1. The molecule has 2 aromatic carbocycles. The lowest BCUT2D eigenvalue weighted by Gasteiger charge is -2.17. The number of non-ortho nitro benzene ring substituents is 1. The lowest BCUT2D eigenvalue weighted by atomic mass is 10.1. The van der Waals surface area contributed by atoms with Crippen molar-refractivity contribution < 1.29 is 13.3 Å². The minimum absolute atomic E-state index is 0.0136. The number of amidine groups is 1. The number of nitro groups is 1. The Kier molecular flexibility index (Phi) is 3.38. The number of hydrogen-bond acceptors (Lipinski definition) is 5. The summed E-state index contributed by atoms with van der Waals surface area (Å²) in [5.74, 6) is 0.285. The highest BCUT2D eigenvalue weighted by Gasteiger charge is 2.24. The number of nitrogens with one attached hydrogen (secondary N) is 1. The molecule has 1 aliphatic heterocycles. The van der Waals surface area contributed by atoms with Gasteiger partial charge in [-0.2, -0.15) is 8.42 Å². The molecule has 0 saturated carbocycles. The third-order valence-electron chi connectivity index (χ3n) is 3.19. The van der Waals surface area contributed by atoms with Crippen LogP contribution in [0.1, 0.15) is 5.56 Å². The lowest BCUT2D eigenvalue weighted by molar-refractivity contribution is -0.384. The predicted octanol–water partition coefficient (Wildman–Crippen LogP) is 2.35. The summed E-state index contributed by atoms with van der Waals surface area (Å²) < 4.78 is 28.0. The zero-order chi connectivity index (χ0) is 15.7. The molecule has 1 aliphatic rings. The minimum Gasteiger partial charge on any atom is -0.342 e. The zero-order valence-electron chi connectivity index (χ0n) is 11.3. The van der Waals surface area contributed by atoms with Crippen LogP contribution in [0.15, 0.2) is 57.8 Å². The van der Waals surface area contributed by atoms with Gasteiger partial charge in [-0.25, -0.2) is 0 Å². The fraction of sp³-hybridized carbons (Fsp3) is 0.0714. The molecule has 0 saturated heterocycles. The number of nitro benzene ring substituents is 1. The first-order chi connectivity index (χ1) is 10.5. The molecule has 0 fully saturated rings. The van der Waals surface area contributed by atoms with Crippen LogP contribution >= 0.6 is 0 Å². The maximum absolute atomic E-state index is 12.1. The Hall–Kier alpha value is -2.74. The largest absolute Gasteiger partial charge is 0.342 e. The average Bonchev–Trinajstić information content (AvgIpc) is 2.47. The van der Waals surface area contributed by atoms with E-state index in [2.05, 4.69) is 9.71 Å². The van der Waals surface area contributed by atoms with E-state index >= 15 is 0 Å². The molecule has 0 aromatic heterocycles. The van der Waals surface area contributed by atoms with Gasteiger partial charge in [0.2, 0.25) is 0 Å². The first kappa shape index (κ1) is 14.2. The van der Waals surface area contributed by atoms with Crippen molar-refractivity contribution in [2.24, 2.45) is 4.40 Å². The standard InChI is InChI=1S/C14H11N3O4S/c18-17(19)11-7-5-10(6-8-11)9-14-15-12-3-1-2-4-13(12)22(20,21)16-14/h1-8H,9H2,(H,15,16). The van der Waals surface area contributed by atoms with Gasteiger partial charge < -0.3 is 5.32 Å². The topological polar surface area (TPSA) is 102 Å². The average molecular weight is 317 g/mol. The normalized spacial score (nSPS) is 15.4. The maximum Gasteiger partial charge on any atom is 0.286 e. The Morgan fingerprint density at radius 3 is 2.45 bits per heavy atom. The van der Waals surface area contributed by atoms with Gasteiger partial charge in [0, 0.05) is 18.6 Å². The van der Waals surface area contributed by atoms with Gasteiger partial charge in [0.1, 0.15) is 10.7 Å². The van der Waals surface area contributed by atoms with Crippen molar-refractivity contribution in [2.45, 2.75) is 11.3 Å². The molecule has 0 bridgehead atoms. The highest BCUT2D eigenvalue weighted by atomic mass is 32.2. The van der Waals surface area contributed by atoms with E-state index in [-0.39, 0.29) is 22.8 Å². The number of rotatable bonds is 3. The highest BCUT2D eigenvalue weighted by Crippen LogP contribution is 2.27. The second-order valence-electron chi connectivity index (χ2n) is 4.73. The molecular formula is C14H11N3O4S. The van der Waals surface area contributed by atoms with Crippen molar-refractivity contribution in [3.8, 4) is 0 Å². The van der Waals surface area contributed by atoms with Crippen LogP contribution in [0.3, 0.4) is 0 Å². The predicted molar refractivity (Wildman–Crippen MR) is 81.5 cm³/mol. The molecule has 22 heavy (non-hydrogen) atoms. The van der Waals surface area contributed by atoms with Crippen molar-refractivity contribution in [3.63, 3.8) is 0 Å². The Bertz CT molecular complexity index is 873. The Balaban J connectivity index is 1.88. The maximum atomic E-state index is 12.1. The van der Waals surface area contributed by atoms with Gasteiger partial charge in [0.25, 0.3) is 15.7 Å². The second-order valence-corrected chi connectivity index (χ2v) is 6.31. The fourth-order valence-corrected chi connectivity index (χ4v) is 3.32. The van der Waals surface area contributed by atoms with E-state index in [1.165, 1.54) is 18.2 Å². The summed E-state index contributed by atoms with van der Waals surface area (Å²) in [6, 6.07) is 12.4. The third kappa shape index (κ3) is 2.68. The van der Waals surface area contributed by atoms with Crippen LogP contribution in [0.25, 0.3) is 0 Å². The van der Waals surface area contributed by atoms with Crippen LogP contribution in [0.4, 0.5) is 11.4 Å². The van der Waals surface area contributed by atoms with Gasteiger partial charge in [-0.1, -0.05) is 24.3 Å². The van der Waals surface area contributed by atoms with Gasteiger partial charge in [-0.05, 0) is 17.7 Å². The zero-order valence-corrected chi connectivity index (χ0v) is 12.1. The number of para-hydroxylation sites is 1. The number of benzene rings is 2. The van der Waals surface area contributed by atoms with E-state index in [9.17, 15) is 18.5 Å². The molecule has 1 heterocycles. The summed E-state index contributed by atoms with van der Waals surface area (Å²) in [7, 11) is -3.72. The fourth-order valence-electron chi connectivity index (χ4n) is 2.17. The monoisotopic (exact) mass is 317 g/mol. The van der Waals surface area contributed by atoms with E-state index < -0.39 is 14.9 Å². The van der Waals surface area contributed by atoms with Gasteiger partial charge in [0.15, 0.2) is 0 Å². The first-order valence-electron chi connectivity index (χ1n) is 6.39. The van der Waals surface area contributed by atoms with Crippen LogP contribution in [0, 0.1) is 10.1 Å². The molecule has 2 aromatic rings. The molecule has 112 valence electrons. The van der Waals surface area contributed by atoms with E-state index in [0.29, 0.717) is 5.69 Å². The summed E-state index contributed by atoms with van der Waals surface area (Å²) in [6.45, 7) is 0. The molecule has 1 N–H and O–H groups in total. The molecule has 0 amide bonds. The van der Waals surface area contributed by atoms with E-state index in [0.717, 1.165) is 5.56 Å². The van der Waals surface area contributed by atoms with Gasteiger partial charge in [-0.3, -0.25) is 10.1 Å². The summed E-state index contributed by atoms with van der Waals surface area (Å²) in [5.41, 5.74) is 1.20. The number of anilines is 1. The molecule has 7 nitrogen and oxygen atoms in total. The molecular weight excluding hydrogens is 306 g/mol.